The summed E-state index contributed by atoms with van der Waals surface area (Å²) in [6.45, 7) is 11.8. The Labute approximate surface area is 164 Å². The lowest BCUT2D eigenvalue weighted by molar-refractivity contribution is 0.174. The summed E-state index contributed by atoms with van der Waals surface area (Å²) < 4.78 is 1.50. The second-order valence-electron chi connectivity index (χ2n) is 7.77. The van der Waals surface area contributed by atoms with Gasteiger partial charge in [0, 0.05) is 6.54 Å². The Kier molecular flexibility index (Phi) is 5.55. The fraction of sp³-hybridized carbons (Fsp3) is 0.500. The molecule has 3 rings (SSSR count). The SMILES string of the molecule is CCN(CCO)C(c1ccc(C(C)(C)C)cc1)c1sc2nc(C)nn2c1O. The molecule has 27 heavy (non-hydrogen) atoms. The van der Waals surface area contributed by atoms with E-state index in [1.807, 2.05) is 6.92 Å². The van der Waals surface area contributed by atoms with Crippen LogP contribution >= 0.6 is 11.3 Å². The molecular weight excluding hydrogens is 360 g/mol. The maximum atomic E-state index is 10.8. The molecule has 6 nitrogen and oxygen atoms in total. The number of nitrogens with zero attached hydrogens (tertiary/aromatic N) is 4. The Balaban J connectivity index is 2.10. The summed E-state index contributed by atoms with van der Waals surface area (Å²) in [5.74, 6) is 0.758. The molecule has 2 aromatic heterocycles. The van der Waals surface area contributed by atoms with Gasteiger partial charge in [0.15, 0.2) is 0 Å². The second kappa shape index (κ2) is 7.58. The second-order valence-corrected chi connectivity index (χ2v) is 8.78. The zero-order valence-corrected chi connectivity index (χ0v) is 17.4. The molecule has 2 heterocycles. The van der Waals surface area contributed by atoms with E-state index in [1.54, 1.807) is 0 Å². The van der Waals surface area contributed by atoms with Gasteiger partial charge in [0.05, 0.1) is 17.5 Å². The first-order valence-electron chi connectivity index (χ1n) is 9.26. The Hall–Kier alpha value is -1.96. The molecule has 0 saturated carbocycles. The molecule has 0 amide bonds. The molecular formula is C20H28N4O2S. The number of likely N-dealkylation sites (N-methyl/N-ethyl adjacent to an activating group) is 1. The van der Waals surface area contributed by atoms with Crippen molar-refractivity contribution in [3.8, 4) is 5.88 Å². The minimum atomic E-state index is -0.162. The Morgan fingerprint density at radius 3 is 2.41 bits per heavy atom. The van der Waals surface area contributed by atoms with Crippen molar-refractivity contribution in [3.05, 3.63) is 46.1 Å². The number of fused-ring (bicyclic) bond motifs is 1. The third kappa shape index (κ3) is 3.85. The van der Waals surface area contributed by atoms with Crippen LogP contribution in [0.4, 0.5) is 0 Å². The van der Waals surface area contributed by atoms with Crippen molar-refractivity contribution in [1.29, 1.82) is 0 Å². The highest BCUT2D eigenvalue weighted by Crippen LogP contribution is 2.40. The number of aliphatic hydroxyl groups is 1. The summed E-state index contributed by atoms with van der Waals surface area (Å²) in [6.07, 6.45) is 0. The van der Waals surface area contributed by atoms with E-state index in [-0.39, 0.29) is 23.9 Å². The maximum Gasteiger partial charge on any atom is 0.230 e. The Bertz CT molecular complexity index is 909. The predicted molar refractivity (Wildman–Crippen MR) is 109 cm³/mol. The van der Waals surface area contributed by atoms with Gasteiger partial charge >= 0.3 is 0 Å². The fourth-order valence-corrected chi connectivity index (χ4v) is 4.48. The number of rotatable bonds is 6. The summed E-state index contributed by atoms with van der Waals surface area (Å²) in [4.78, 5) is 8.02. The highest BCUT2D eigenvalue weighted by molar-refractivity contribution is 7.17. The molecule has 1 aromatic carbocycles. The summed E-state index contributed by atoms with van der Waals surface area (Å²) in [5, 5.41) is 24.6. The molecule has 0 aliphatic heterocycles. The van der Waals surface area contributed by atoms with Crippen LogP contribution in [-0.4, -0.2) is 49.4 Å². The van der Waals surface area contributed by atoms with Crippen molar-refractivity contribution in [2.24, 2.45) is 0 Å². The third-order valence-corrected chi connectivity index (χ3v) is 5.88. The lowest BCUT2D eigenvalue weighted by Gasteiger charge is -2.30. The number of aromatic nitrogens is 3. The highest BCUT2D eigenvalue weighted by Gasteiger charge is 2.29. The Morgan fingerprint density at radius 2 is 1.89 bits per heavy atom. The summed E-state index contributed by atoms with van der Waals surface area (Å²) in [7, 11) is 0. The van der Waals surface area contributed by atoms with Crippen LogP contribution in [0.5, 0.6) is 5.88 Å². The minimum absolute atomic E-state index is 0.0606. The smallest absolute Gasteiger partial charge is 0.230 e. The molecule has 2 N–H and O–H groups in total. The molecule has 1 atom stereocenters. The monoisotopic (exact) mass is 388 g/mol. The molecule has 0 spiro atoms. The summed E-state index contributed by atoms with van der Waals surface area (Å²) >= 11 is 1.44. The molecule has 7 heteroatoms. The van der Waals surface area contributed by atoms with Crippen LogP contribution in [-0.2, 0) is 5.41 Å². The van der Waals surface area contributed by atoms with Crippen LogP contribution in [0.25, 0.3) is 4.96 Å². The first-order valence-corrected chi connectivity index (χ1v) is 10.1. The van der Waals surface area contributed by atoms with Gasteiger partial charge < -0.3 is 10.2 Å². The largest absolute Gasteiger partial charge is 0.492 e. The van der Waals surface area contributed by atoms with E-state index in [2.05, 4.69) is 66.9 Å². The van der Waals surface area contributed by atoms with E-state index < -0.39 is 0 Å². The Morgan fingerprint density at radius 1 is 1.22 bits per heavy atom. The van der Waals surface area contributed by atoms with Crippen LogP contribution in [0.1, 0.15) is 55.6 Å². The van der Waals surface area contributed by atoms with Crippen LogP contribution < -0.4 is 0 Å². The number of hydrogen-bond acceptors (Lipinski definition) is 6. The van der Waals surface area contributed by atoms with Crippen molar-refractivity contribution >= 4 is 16.3 Å². The van der Waals surface area contributed by atoms with Crippen molar-refractivity contribution in [2.75, 3.05) is 19.7 Å². The van der Waals surface area contributed by atoms with E-state index in [1.165, 1.54) is 21.4 Å². The van der Waals surface area contributed by atoms with E-state index in [4.69, 9.17) is 0 Å². The molecule has 0 aliphatic carbocycles. The van der Waals surface area contributed by atoms with Crippen LogP contribution in [0.2, 0.25) is 0 Å². The topological polar surface area (TPSA) is 73.9 Å². The van der Waals surface area contributed by atoms with Gasteiger partial charge in [0.1, 0.15) is 5.82 Å². The molecule has 3 aromatic rings. The molecule has 0 fully saturated rings. The standard InChI is InChI=1S/C20H28N4O2S/c1-6-23(11-12-25)16(14-7-9-15(10-8-14)20(3,4)5)17-18(26)24-19(27-17)21-13(2)22-24/h7-10,16,25-26H,6,11-12H2,1-5H3. The summed E-state index contributed by atoms with van der Waals surface area (Å²) in [6, 6.07) is 8.36. The average molecular weight is 389 g/mol. The van der Waals surface area contributed by atoms with Gasteiger partial charge in [-0.25, -0.2) is 4.98 Å². The zero-order chi connectivity index (χ0) is 19.8. The normalized spacial score (nSPS) is 13.6. The molecule has 0 saturated heterocycles. The van der Waals surface area contributed by atoms with E-state index in [0.717, 1.165) is 17.0 Å². The van der Waals surface area contributed by atoms with Gasteiger partial charge in [-0.1, -0.05) is 63.3 Å². The van der Waals surface area contributed by atoms with Gasteiger partial charge in [0.25, 0.3) is 0 Å². The number of aryl methyl sites for hydroxylation is 1. The van der Waals surface area contributed by atoms with Gasteiger partial charge in [-0.05, 0) is 30.0 Å². The molecule has 0 radical (unpaired) electrons. The maximum absolute atomic E-state index is 10.8. The van der Waals surface area contributed by atoms with Crippen molar-refractivity contribution in [3.63, 3.8) is 0 Å². The van der Waals surface area contributed by atoms with Crippen LogP contribution in [0.3, 0.4) is 0 Å². The number of benzene rings is 1. The number of aliphatic hydroxyl groups excluding tert-OH is 1. The molecule has 0 bridgehead atoms. The number of aromatic hydroxyl groups is 1. The van der Waals surface area contributed by atoms with Gasteiger partial charge in [0.2, 0.25) is 10.8 Å². The lowest BCUT2D eigenvalue weighted by atomic mass is 9.86. The molecule has 0 aliphatic rings. The lowest BCUT2D eigenvalue weighted by Crippen LogP contribution is -2.31. The van der Waals surface area contributed by atoms with Crippen molar-refractivity contribution < 1.29 is 10.2 Å². The molecule has 146 valence electrons. The number of thiazole rings is 1. The number of hydrogen-bond donors (Lipinski definition) is 2. The predicted octanol–water partition coefficient (Wildman–Crippen LogP) is 3.51. The van der Waals surface area contributed by atoms with Crippen LogP contribution in [0, 0.1) is 6.92 Å². The van der Waals surface area contributed by atoms with Gasteiger partial charge in [-0.15, -0.1) is 5.10 Å². The molecule has 1 unspecified atom stereocenters. The first-order chi connectivity index (χ1) is 12.8. The fourth-order valence-electron chi connectivity index (χ4n) is 3.32. The quantitative estimate of drug-likeness (QED) is 0.676. The van der Waals surface area contributed by atoms with E-state index >= 15 is 0 Å². The van der Waals surface area contributed by atoms with E-state index in [9.17, 15) is 10.2 Å². The van der Waals surface area contributed by atoms with Crippen molar-refractivity contribution in [2.45, 2.75) is 46.1 Å². The van der Waals surface area contributed by atoms with E-state index in [0.29, 0.717) is 17.3 Å². The average Bonchev–Trinajstić information content (AvgIpc) is 3.12. The first kappa shape index (κ1) is 19.8. The third-order valence-electron chi connectivity index (χ3n) is 4.80. The zero-order valence-electron chi connectivity index (χ0n) is 16.6. The van der Waals surface area contributed by atoms with Gasteiger partial charge in [-0.2, -0.15) is 4.52 Å². The minimum Gasteiger partial charge on any atom is -0.492 e. The van der Waals surface area contributed by atoms with Crippen LogP contribution in [0.15, 0.2) is 24.3 Å². The highest BCUT2D eigenvalue weighted by atomic mass is 32.1. The van der Waals surface area contributed by atoms with Crippen molar-refractivity contribution in [1.82, 2.24) is 19.5 Å². The summed E-state index contributed by atoms with van der Waals surface area (Å²) in [5.41, 5.74) is 2.42. The van der Waals surface area contributed by atoms with Gasteiger partial charge in [-0.3, -0.25) is 4.90 Å².